The molecule has 1 aromatic heterocycles. The Morgan fingerprint density at radius 2 is 1.94 bits per heavy atom. The van der Waals surface area contributed by atoms with Crippen LogP contribution >= 0.6 is 11.3 Å². The Morgan fingerprint density at radius 1 is 1.17 bits per heavy atom. The predicted octanol–water partition coefficient (Wildman–Crippen LogP) is 3.53. The van der Waals surface area contributed by atoms with E-state index in [1.165, 1.54) is 28.8 Å². The second-order valence-electron chi connectivity index (χ2n) is 5.33. The van der Waals surface area contributed by atoms with Crippen LogP contribution in [0.4, 0.5) is 0 Å². The molecule has 0 saturated carbocycles. The Balaban J connectivity index is 1.75. The third kappa shape index (κ3) is 2.23. The standard InChI is InChI=1S/C16H19NS/c1-13-4-6-14(7-5-13)16(11-17-12-16)9-8-15-3-2-10-18-15/h2-7,10,17H,8-9,11-12H2,1H3. The molecule has 0 aliphatic carbocycles. The van der Waals surface area contributed by atoms with Gasteiger partial charge >= 0.3 is 0 Å². The molecule has 1 fully saturated rings. The Hall–Kier alpha value is -1.12. The van der Waals surface area contributed by atoms with Gasteiger partial charge in [-0.05, 0) is 36.8 Å². The van der Waals surface area contributed by atoms with Crippen LogP contribution in [0.5, 0.6) is 0 Å². The van der Waals surface area contributed by atoms with Crippen molar-refractivity contribution in [3.05, 3.63) is 57.8 Å². The molecular weight excluding hydrogens is 238 g/mol. The maximum absolute atomic E-state index is 3.45. The number of benzene rings is 1. The second-order valence-corrected chi connectivity index (χ2v) is 6.36. The van der Waals surface area contributed by atoms with Crippen molar-refractivity contribution in [2.75, 3.05) is 13.1 Å². The average molecular weight is 257 g/mol. The van der Waals surface area contributed by atoms with E-state index in [1.54, 1.807) is 0 Å². The molecule has 2 heteroatoms. The van der Waals surface area contributed by atoms with Crippen molar-refractivity contribution in [3.8, 4) is 0 Å². The molecule has 0 spiro atoms. The van der Waals surface area contributed by atoms with Gasteiger partial charge in [0.1, 0.15) is 0 Å². The van der Waals surface area contributed by atoms with Gasteiger partial charge < -0.3 is 5.32 Å². The van der Waals surface area contributed by atoms with Crippen molar-refractivity contribution in [2.45, 2.75) is 25.2 Å². The molecule has 2 heterocycles. The highest BCUT2D eigenvalue weighted by Crippen LogP contribution is 2.34. The highest BCUT2D eigenvalue weighted by Gasteiger charge is 2.37. The minimum absolute atomic E-state index is 0.373. The molecule has 1 nitrogen and oxygen atoms in total. The maximum Gasteiger partial charge on any atom is 0.0206 e. The quantitative estimate of drug-likeness (QED) is 0.883. The van der Waals surface area contributed by atoms with Gasteiger partial charge in [-0.25, -0.2) is 0 Å². The van der Waals surface area contributed by atoms with Crippen LogP contribution in [0.3, 0.4) is 0 Å². The maximum atomic E-state index is 3.45. The second kappa shape index (κ2) is 4.87. The first-order valence-electron chi connectivity index (χ1n) is 6.59. The number of hydrogen-bond donors (Lipinski definition) is 1. The Bertz CT molecular complexity index is 494. The number of thiophene rings is 1. The Labute approximate surface area is 113 Å². The first-order chi connectivity index (χ1) is 8.78. The molecule has 1 N–H and O–H groups in total. The van der Waals surface area contributed by atoms with Gasteiger partial charge in [0.25, 0.3) is 0 Å². The van der Waals surface area contributed by atoms with Crippen LogP contribution in [0.15, 0.2) is 41.8 Å². The van der Waals surface area contributed by atoms with E-state index in [2.05, 4.69) is 54.0 Å². The number of aryl methyl sites for hydroxylation is 2. The van der Waals surface area contributed by atoms with Crippen molar-refractivity contribution in [3.63, 3.8) is 0 Å². The van der Waals surface area contributed by atoms with Gasteiger partial charge in [-0.3, -0.25) is 0 Å². The Kier molecular flexibility index (Phi) is 3.23. The zero-order valence-corrected chi connectivity index (χ0v) is 11.6. The summed E-state index contributed by atoms with van der Waals surface area (Å²) in [4.78, 5) is 1.51. The Morgan fingerprint density at radius 3 is 2.50 bits per heavy atom. The summed E-state index contributed by atoms with van der Waals surface area (Å²) in [5, 5.41) is 5.62. The van der Waals surface area contributed by atoms with Crippen molar-refractivity contribution < 1.29 is 0 Å². The summed E-state index contributed by atoms with van der Waals surface area (Å²) in [5.41, 5.74) is 3.22. The largest absolute Gasteiger partial charge is 0.315 e. The fourth-order valence-electron chi connectivity index (χ4n) is 2.68. The fraction of sp³-hybridized carbons (Fsp3) is 0.375. The highest BCUT2D eigenvalue weighted by molar-refractivity contribution is 7.09. The lowest BCUT2D eigenvalue weighted by molar-refractivity contribution is 0.258. The van der Waals surface area contributed by atoms with E-state index >= 15 is 0 Å². The molecule has 0 amide bonds. The van der Waals surface area contributed by atoms with Gasteiger partial charge in [0.2, 0.25) is 0 Å². The number of nitrogens with one attached hydrogen (secondary N) is 1. The van der Waals surface area contributed by atoms with Crippen LogP contribution in [0.2, 0.25) is 0 Å². The lowest BCUT2D eigenvalue weighted by Crippen LogP contribution is -2.57. The number of hydrogen-bond acceptors (Lipinski definition) is 2. The van der Waals surface area contributed by atoms with E-state index in [1.807, 2.05) is 11.3 Å². The lowest BCUT2D eigenvalue weighted by Gasteiger charge is -2.43. The van der Waals surface area contributed by atoms with Crippen molar-refractivity contribution in [1.82, 2.24) is 5.32 Å². The monoisotopic (exact) mass is 257 g/mol. The van der Waals surface area contributed by atoms with E-state index in [4.69, 9.17) is 0 Å². The van der Waals surface area contributed by atoms with Gasteiger partial charge in [0.05, 0.1) is 0 Å². The van der Waals surface area contributed by atoms with Crippen LogP contribution in [-0.2, 0) is 11.8 Å². The average Bonchev–Trinajstić information content (AvgIpc) is 2.83. The fourth-order valence-corrected chi connectivity index (χ4v) is 3.39. The number of rotatable bonds is 4. The zero-order chi connectivity index (χ0) is 12.4. The molecule has 1 aliphatic rings. The summed E-state index contributed by atoms with van der Waals surface area (Å²) in [6, 6.07) is 13.5. The van der Waals surface area contributed by atoms with Crippen LogP contribution in [0.1, 0.15) is 22.4 Å². The molecule has 1 aliphatic heterocycles. The smallest absolute Gasteiger partial charge is 0.0206 e. The molecular formula is C16H19NS. The van der Waals surface area contributed by atoms with Crippen LogP contribution in [0, 0.1) is 6.92 Å². The molecule has 2 aromatic rings. The molecule has 0 atom stereocenters. The molecule has 0 radical (unpaired) electrons. The summed E-state index contributed by atoms with van der Waals surface area (Å²) < 4.78 is 0. The molecule has 1 saturated heterocycles. The van der Waals surface area contributed by atoms with Gasteiger partial charge in [0.15, 0.2) is 0 Å². The van der Waals surface area contributed by atoms with E-state index < -0.39 is 0 Å². The molecule has 1 aromatic carbocycles. The van der Waals surface area contributed by atoms with E-state index in [0.717, 1.165) is 13.1 Å². The van der Waals surface area contributed by atoms with Crippen molar-refractivity contribution >= 4 is 11.3 Å². The minimum atomic E-state index is 0.373. The first-order valence-corrected chi connectivity index (χ1v) is 7.47. The summed E-state index contributed by atoms with van der Waals surface area (Å²) in [6.45, 7) is 4.41. The lowest BCUT2D eigenvalue weighted by atomic mass is 9.71. The molecule has 3 rings (SSSR count). The SMILES string of the molecule is Cc1ccc(C2(CCc3cccs3)CNC2)cc1. The predicted molar refractivity (Wildman–Crippen MR) is 78.4 cm³/mol. The van der Waals surface area contributed by atoms with E-state index in [9.17, 15) is 0 Å². The first kappa shape index (κ1) is 11.9. The topological polar surface area (TPSA) is 12.0 Å². The third-order valence-electron chi connectivity index (χ3n) is 4.02. The van der Waals surface area contributed by atoms with Crippen LogP contribution < -0.4 is 5.32 Å². The summed E-state index contributed by atoms with van der Waals surface area (Å²) in [7, 11) is 0. The van der Waals surface area contributed by atoms with E-state index in [0.29, 0.717) is 5.41 Å². The van der Waals surface area contributed by atoms with Gasteiger partial charge in [0, 0.05) is 23.4 Å². The van der Waals surface area contributed by atoms with Crippen molar-refractivity contribution in [2.24, 2.45) is 0 Å². The summed E-state index contributed by atoms with van der Waals surface area (Å²) in [6.07, 6.45) is 2.46. The van der Waals surface area contributed by atoms with Gasteiger partial charge in [-0.15, -0.1) is 11.3 Å². The zero-order valence-electron chi connectivity index (χ0n) is 10.8. The summed E-state index contributed by atoms with van der Waals surface area (Å²) in [5.74, 6) is 0. The summed E-state index contributed by atoms with van der Waals surface area (Å²) >= 11 is 1.88. The highest BCUT2D eigenvalue weighted by atomic mass is 32.1. The minimum Gasteiger partial charge on any atom is -0.315 e. The third-order valence-corrected chi connectivity index (χ3v) is 4.96. The molecule has 0 bridgehead atoms. The molecule has 0 unspecified atom stereocenters. The van der Waals surface area contributed by atoms with E-state index in [-0.39, 0.29) is 0 Å². The van der Waals surface area contributed by atoms with Gasteiger partial charge in [-0.1, -0.05) is 35.9 Å². The van der Waals surface area contributed by atoms with Crippen molar-refractivity contribution in [1.29, 1.82) is 0 Å². The van der Waals surface area contributed by atoms with Crippen LogP contribution in [-0.4, -0.2) is 13.1 Å². The van der Waals surface area contributed by atoms with Gasteiger partial charge in [-0.2, -0.15) is 0 Å². The molecule has 94 valence electrons. The van der Waals surface area contributed by atoms with Crippen LogP contribution in [0.25, 0.3) is 0 Å². The molecule has 18 heavy (non-hydrogen) atoms. The normalized spacial score (nSPS) is 17.4.